The number of carbonyl (C=O) groups excluding carboxylic acids is 1. The standard InChI is InChI=1S/C26H22NO8/c1-3-33-26(29)25-23(17-6-10-19(32-2)11-7-17)24(28)21-13-12-20(14-22(21)35-25)34-15-16-4-8-18(9-5-16)27(30)31/h4-14,30H,3,15H2,1-2H3/q-1. The van der Waals surface area contributed by atoms with Gasteiger partial charge in [-0.25, -0.2) is 4.79 Å². The van der Waals surface area contributed by atoms with Gasteiger partial charge in [-0.2, -0.15) is 0 Å². The summed E-state index contributed by atoms with van der Waals surface area (Å²) in [6, 6.07) is 17.6. The number of hydrogen-bond acceptors (Lipinski definition) is 9. The molecule has 0 unspecified atom stereocenters. The Kier molecular flexibility index (Phi) is 7.00. The largest absolute Gasteiger partial charge is 0.733 e. The molecule has 0 bridgehead atoms. The van der Waals surface area contributed by atoms with Gasteiger partial charge in [-0.3, -0.25) is 10.0 Å². The van der Waals surface area contributed by atoms with E-state index in [9.17, 15) is 14.8 Å². The highest BCUT2D eigenvalue weighted by atomic mass is 16.8. The van der Waals surface area contributed by atoms with Crippen molar-refractivity contribution in [3.05, 3.63) is 93.5 Å². The second kappa shape index (κ2) is 10.3. The van der Waals surface area contributed by atoms with Crippen molar-refractivity contribution in [3.63, 3.8) is 0 Å². The summed E-state index contributed by atoms with van der Waals surface area (Å²) >= 11 is 0. The Morgan fingerprint density at radius 2 is 1.71 bits per heavy atom. The number of nitrogens with zero attached hydrogens (tertiary/aromatic N) is 1. The zero-order chi connectivity index (χ0) is 24.9. The second-order valence-electron chi connectivity index (χ2n) is 7.47. The molecule has 1 heterocycles. The quantitative estimate of drug-likeness (QED) is 0.279. The minimum atomic E-state index is -0.750. The Labute approximate surface area is 200 Å². The van der Waals surface area contributed by atoms with E-state index in [1.165, 1.54) is 25.3 Å². The lowest BCUT2D eigenvalue weighted by molar-refractivity contribution is 0.0492. The van der Waals surface area contributed by atoms with E-state index in [2.05, 4.69) is 0 Å². The molecule has 0 aliphatic rings. The van der Waals surface area contributed by atoms with Gasteiger partial charge in [0.2, 0.25) is 11.2 Å². The van der Waals surface area contributed by atoms with Gasteiger partial charge in [0.25, 0.3) is 0 Å². The van der Waals surface area contributed by atoms with Crippen LogP contribution in [0.2, 0.25) is 0 Å². The van der Waals surface area contributed by atoms with E-state index < -0.39 is 5.97 Å². The number of hydrogen-bond donors (Lipinski definition) is 1. The highest BCUT2D eigenvalue weighted by molar-refractivity contribution is 5.97. The van der Waals surface area contributed by atoms with Crippen LogP contribution in [0.5, 0.6) is 11.5 Å². The van der Waals surface area contributed by atoms with E-state index in [0.29, 0.717) is 17.1 Å². The van der Waals surface area contributed by atoms with Crippen LogP contribution in [-0.4, -0.2) is 24.9 Å². The van der Waals surface area contributed by atoms with Crippen molar-refractivity contribution in [1.82, 2.24) is 0 Å². The van der Waals surface area contributed by atoms with Gasteiger partial charge in [-0.1, -0.05) is 24.3 Å². The lowest BCUT2D eigenvalue weighted by Crippen LogP contribution is -2.15. The van der Waals surface area contributed by atoms with Crippen molar-refractivity contribution in [1.29, 1.82) is 0 Å². The molecule has 4 rings (SSSR count). The fourth-order valence-corrected chi connectivity index (χ4v) is 3.51. The molecule has 3 aromatic carbocycles. The minimum Gasteiger partial charge on any atom is -0.733 e. The molecule has 0 fully saturated rings. The fourth-order valence-electron chi connectivity index (χ4n) is 3.51. The molecule has 0 aliphatic carbocycles. The van der Waals surface area contributed by atoms with Crippen LogP contribution in [-0.2, 0) is 11.3 Å². The predicted molar refractivity (Wildman–Crippen MR) is 129 cm³/mol. The molecule has 0 saturated carbocycles. The second-order valence-corrected chi connectivity index (χ2v) is 7.47. The normalized spacial score (nSPS) is 10.7. The molecule has 0 atom stereocenters. The van der Waals surface area contributed by atoms with E-state index >= 15 is 0 Å². The summed E-state index contributed by atoms with van der Waals surface area (Å²) in [5, 5.41) is 19.9. The molecule has 35 heavy (non-hydrogen) atoms. The zero-order valence-electron chi connectivity index (χ0n) is 19.0. The van der Waals surface area contributed by atoms with Gasteiger partial charge in [0, 0.05) is 6.07 Å². The van der Waals surface area contributed by atoms with Crippen LogP contribution >= 0.6 is 0 Å². The number of carbonyl (C=O) groups is 1. The molecule has 1 N–H and O–H groups in total. The first-order chi connectivity index (χ1) is 16.9. The number of methoxy groups -OCH3 is 1. The number of benzene rings is 3. The summed E-state index contributed by atoms with van der Waals surface area (Å²) < 4.78 is 22.0. The van der Waals surface area contributed by atoms with Crippen LogP contribution < -0.4 is 20.1 Å². The van der Waals surface area contributed by atoms with Crippen LogP contribution in [0.4, 0.5) is 5.69 Å². The molecule has 9 heteroatoms. The first-order valence-corrected chi connectivity index (χ1v) is 10.7. The van der Waals surface area contributed by atoms with Crippen molar-refractivity contribution < 1.29 is 28.6 Å². The van der Waals surface area contributed by atoms with Crippen molar-refractivity contribution in [2.75, 3.05) is 18.9 Å². The predicted octanol–water partition coefficient (Wildman–Crippen LogP) is 4.92. The van der Waals surface area contributed by atoms with E-state index in [0.717, 1.165) is 5.56 Å². The fraction of sp³-hybridized carbons (Fsp3) is 0.154. The number of rotatable bonds is 8. The van der Waals surface area contributed by atoms with Crippen molar-refractivity contribution in [3.8, 4) is 22.6 Å². The third-order valence-corrected chi connectivity index (χ3v) is 5.27. The summed E-state index contributed by atoms with van der Waals surface area (Å²) in [6.45, 7) is 1.94. The van der Waals surface area contributed by atoms with Gasteiger partial charge in [-0.05, 0) is 54.4 Å². The molecule has 9 nitrogen and oxygen atoms in total. The molecular weight excluding hydrogens is 454 g/mol. The zero-order valence-corrected chi connectivity index (χ0v) is 19.0. The summed E-state index contributed by atoms with van der Waals surface area (Å²) in [4.78, 5) is 26.1. The van der Waals surface area contributed by atoms with Crippen LogP contribution in [0.25, 0.3) is 22.1 Å². The van der Waals surface area contributed by atoms with Crippen molar-refractivity contribution in [2.45, 2.75) is 13.5 Å². The molecular formula is C26H22NO8-. The van der Waals surface area contributed by atoms with Gasteiger partial charge in [-0.15, -0.1) is 0 Å². The molecule has 0 radical (unpaired) electrons. The average Bonchev–Trinajstić information content (AvgIpc) is 2.87. The van der Waals surface area contributed by atoms with E-state index in [1.807, 2.05) is 0 Å². The number of anilines is 1. The van der Waals surface area contributed by atoms with Crippen LogP contribution in [0.15, 0.2) is 75.9 Å². The average molecular weight is 476 g/mol. The summed E-state index contributed by atoms with van der Waals surface area (Å²) in [7, 11) is 1.53. The lowest BCUT2D eigenvalue weighted by atomic mass is 10.0. The molecule has 0 spiro atoms. The Morgan fingerprint density at radius 1 is 1.03 bits per heavy atom. The number of fused-ring (bicyclic) bond motifs is 1. The molecule has 1 aromatic heterocycles. The van der Waals surface area contributed by atoms with Gasteiger partial charge >= 0.3 is 5.97 Å². The summed E-state index contributed by atoms with van der Waals surface area (Å²) in [5.41, 5.74) is 1.23. The SMILES string of the molecule is CCOC(=O)c1oc2cc(OCc3ccc(N([O-])O)cc3)ccc2c(=O)c1-c1ccc(OC)cc1. The van der Waals surface area contributed by atoms with Gasteiger partial charge in [0.1, 0.15) is 23.7 Å². The number of ether oxygens (including phenoxy) is 3. The molecule has 0 amide bonds. The first kappa shape index (κ1) is 23.8. The first-order valence-electron chi connectivity index (χ1n) is 10.7. The van der Waals surface area contributed by atoms with E-state index in [-0.39, 0.29) is 51.8 Å². The van der Waals surface area contributed by atoms with Gasteiger partial charge in [0.05, 0.1) is 30.4 Å². The molecule has 4 aromatic rings. The minimum absolute atomic E-state index is 0.0976. The lowest BCUT2D eigenvalue weighted by Gasteiger charge is -2.21. The monoisotopic (exact) mass is 476 g/mol. The van der Waals surface area contributed by atoms with Crippen LogP contribution in [0, 0.1) is 5.21 Å². The Morgan fingerprint density at radius 3 is 2.34 bits per heavy atom. The molecule has 0 aliphatic heterocycles. The third kappa shape index (κ3) is 5.11. The van der Waals surface area contributed by atoms with E-state index in [1.54, 1.807) is 55.5 Å². The Hall–Kier alpha value is -4.34. The topological polar surface area (TPSA) is 122 Å². The summed E-state index contributed by atoms with van der Waals surface area (Å²) in [6.07, 6.45) is 0. The maximum atomic E-state index is 13.4. The van der Waals surface area contributed by atoms with Crippen molar-refractivity contribution >= 4 is 22.6 Å². The highest BCUT2D eigenvalue weighted by Gasteiger charge is 2.23. The van der Waals surface area contributed by atoms with Crippen LogP contribution in [0.3, 0.4) is 0 Å². The smallest absolute Gasteiger partial charge is 0.375 e. The maximum absolute atomic E-state index is 13.4. The highest BCUT2D eigenvalue weighted by Crippen LogP contribution is 2.29. The number of esters is 1. The van der Waals surface area contributed by atoms with Crippen molar-refractivity contribution in [2.24, 2.45) is 0 Å². The Balaban J connectivity index is 1.70. The van der Waals surface area contributed by atoms with Gasteiger partial charge in [0.15, 0.2) is 0 Å². The molecule has 180 valence electrons. The van der Waals surface area contributed by atoms with E-state index in [4.69, 9.17) is 23.8 Å². The molecule has 0 saturated heterocycles. The Bertz CT molecular complexity index is 1390. The summed E-state index contributed by atoms with van der Waals surface area (Å²) in [5.74, 6) is 0.0626. The maximum Gasteiger partial charge on any atom is 0.375 e. The van der Waals surface area contributed by atoms with Gasteiger partial charge < -0.3 is 29.1 Å². The third-order valence-electron chi connectivity index (χ3n) is 5.27. The van der Waals surface area contributed by atoms with Crippen LogP contribution in [0.1, 0.15) is 23.0 Å².